The first-order chi connectivity index (χ1) is 8.22. The number of esters is 1. The van der Waals surface area contributed by atoms with E-state index < -0.39 is 5.97 Å². The average Bonchev–Trinajstić information content (AvgIpc) is 2.36. The van der Waals surface area contributed by atoms with E-state index in [0.29, 0.717) is 12.4 Å². The second kappa shape index (κ2) is 8.14. The SMILES string of the molecule is O=C(CCl)CC(=O)OCCSc1ccccc1. The molecule has 0 amide bonds. The quantitative estimate of drug-likeness (QED) is 0.252. The van der Waals surface area contributed by atoms with Gasteiger partial charge >= 0.3 is 5.97 Å². The van der Waals surface area contributed by atoms with Crippen molar-refractivity contribution >= 4 is 35.1 Å². The van der Waals surface area contributed by atoms with E-state index in [1.165, 1.54) is 0 Å². The van der Waals surface area contributed by atoms with Crippen LogP contribution in [0, 0.1) is 0 Å². The van der Waals surface area contributed by atoms with Gasteiger partial charge in [0.05, 0.1) is 5.88 Å². The Labute approximate surface area is 109 Å². The summed E-state index contributed by atoms with van der Waals surface area (Å²) in [4.78, 5) is 23.1. The van der Waals surface area contributed by atoms with Crippen molar-refractivity contribution in [3.05, 3.63) is 30.3 Å². The zero-order valence-corrected chi connectivity index (χ0v) is 10.8. The number of benzene rings is 1. The van der Waals surface area contributed by atoms with Crippen LogP contribution >= 0.6 is 23.4 Å². The molecule has 0 atom stereocenters. The van der Waals surface area contributed by atoms with Crippen LogP contribution in [0.4, 0.5) is 0 Å². The van der Waals surface area contributed by atoms with Crippen molar-refractivity contribution in [3.8, 4) is 0 Å². The predicted molar refractivity (Wildman–Crippen MR) is 68.5 cm³/mol. The molecule has 0 N–H and O–H groups in total. The van der Waals surface area contributed by atoms with E-state index >= 15 is 0 Å². The molecular formula is C12H13ClO3S. The first kappa shape index (κ1) is 14.1. The third-order valence-electron chi connectivity index (χ3n) is 1.85. The molecule has 3 nitrogen and oxygen atoms in total. The molecule has 1 aromatic carbocycles. The largest absolute Gasteiger partial charge is 0.464 e. The maximum atomic E-state index is 11.1. The summed E-state index contributed by atoms with van der Waals surface area (Å²) >= 11 is 6.87. The van der Waals surface area contributed by atoms with Crippen molar-refractivity contribution in [2.75, 3.05) is 18.2 Å². The van der Waals surface area contributed by atoms with E-state index in [-0.39, 0.29) is 18.1 Å². The van der Waals surface area contributed by atoms with Crippen LogP contribution in [0.2, 0.25) is 0 Å². The maximum Gasteiger partial charge on any atom is 0.313 e. The zero-order valence-electron chi connectivity index (χ0n) is 9.23. The smallest absolute Gasteiger partial charge is 0.313 e. The molecule has 1 rings (SSSR count). The first-order valence-corrected chi connectivity index (χ1v) is 6.65. The summed E-state index contributed by atoms with van der Waals surface area (Å²) in [6, 6.07) is 9.83. The lowest BCUT2D eigenvalue weighted by atomic mass is 10.3. The number of hydrogen-bond acceptors (Lipinski definition) is 4. The molecule has 17 heavy (non-hydrogen) atoms. The molecule has 0 unspecified atom stereocenters. The number of carbonyl (C=O) groups is 2. The lowest BCUT2D eigenvalue weighted by Gasteiger charge is -2.03. The van der Waals surface area contributed by atoms with Crippen LogP contribution in [0.1, 0.15) is 6.42 Å². The molecule has 0 aliphatic carbocycles. The van der Waals surface area contributed by atoms with Crippen LogP contribution in [0.5, 0.6) is 0 Å². The Bertz CT molecular complexity index is 367. The lowest BCUT2D eigenvalue weighted by molar-refractivity contribution is -0.145. The standard InChI is InChI=1S/C12H13ClO3S/c13-9-10(14)8-12(15)16-6-7-17-11-4-2-1-3-5-11/h1-5H,6-9H2. The van der Waals surface area contributed by atoms with Gasteiger partial charge in [-0.1, -0.05) is 18.2 Å². The molecule has 0 radical (unpaired) electrons. The van der Waals surface area contributed by atoms with E-state index in [9.17, 15) is 9.59 Å². The molecule has 0 aliphatic rings. The van der Waals surface area contributed by atoms with Crippen LogP contribution in [-0.2, 0) is 14.3 Å². The zero-order chi connectivity index (χ0) is 12.5. The average molecular weight is 273 g/mol. The van der Waals surface area contributed by atoms with Crippen LogP contribution in [0.15, 0.2) is 35.2 Å². The summed E-state index contributed by atoms with van der Waals surface area (Å²) in [6.07, 6.45) is -0.237. The third kappa shape index (κ3) is 6.34. The van der Waals surface area contributed by atoms with Crippen molar-refractivity contribution in [2.24, 2.45) is 0 Å². The Hall–Kier alpha value is -1.00. The summed E-state index contributed by atoms with van der Waals surface area (Å²) in [5.41, 5.74) is 0. The van der Waals surface area contributed by atoms with Gasteiger partial charge in [0.2, 0.25) is 0 Å². The summed E-state index contributed by atoms with van der Waals surface area (Å²) in [5, 5.41) is 0. The molecule has 0 spiro atoms. The van der Waals surface area contributed by atoms with Gasteiger partial charge in [0.15, 0.2) is 5.78 Å². The fourth-order valence-electron chi connectivity index (χ4n) is 1.09. The number of thioether (sulfide) groups is 1. The minimum atomic E-state index is -0.510. The van der Waals surface area contributed by atoms with E-state index in [0.717, 1.165) is 4.90 Å². The molecule has 0 saturated heterocycles. The van der Waals surface area contributed by atoms with Gasteiger partial charge in [0, 0.05) is 10.6 Å². The van der Waals surface area contributed by atoms with E-state index in [2.05, 4.69) is 0 Å². The second-order valence-electron chi connectivity index (χ2n) is 3.23. The number of rotatable bonds is 7. The third-order valence-corrected chi connectivity index (χ3v) is 3.12. The van der Waals surface area contributed by atoms with Crippen molar-refractivity contribution in [3.63, 3.8) is 0 Å². The Balaban J connectivity index is 2.12. The summed E-state index contributed by atoms with van der Waals surface area (Å²) < 4.78 is 4.90. The van der Waals surface area contributed by atoms with Crippen molar-refractivity contribution in [1.29, 1.82) is 0 Å². The van der Waals surface area contributed by atoms with Crippen LogP contribution in [0.3, 0.4) is 0 Å². The van der Waals surface area contributed by atoms with Gasteiger partial charge in [-0.2, -0.15) is 0 Å². The molecule has 1 aromatic rings. The van der Waals surface area contributed by atoms with Gasteiger partial charge in [-0.3, -0.25) is 9.59 Å². The lowest BCUT2D eigenvalue weighted by Crippen LogP contribution is -2.13. The van der Waals surface area contributed by atoms with Crippen molar-refractivity contribution < 1.29 is 14.3 Å². The summed E-state index contributed by atoms with van der Waals surface area (Å²) in [5.74, 6) is -0.296. The topological polar surface area (TPSA) is 43.4 Å². The highest BCUT2D eigenvalue weighted by atomic mass is 35.5. The normalized spacial score (nSPS) is 9.94. The number of hydrogen-bond donors (Lipinski definition) is 0. The number of halogens is 1. The number of ketones is 1. The molecule has 0 bridgehead atoms. The van der Waals surface area contributed by atoms with Crippen molar-refractivity contribution in [1.82, 2.24) is 0 Å². The Morgan fingerprint density at radius 1 is 1.24 bits per heavy atom. The highest BCUT2D eigenvalue weighted by Gasteiger charge is 2.08. The molecule has 5 heteroatoms. The van der Waals surface area contributed by atoms with E-state index in [1.807, 2.05) is 30.3 Å². The molecule has 0 saturated carbocycles. The van der Waals surface area contributed by atoms with Crippen molar-refractivity contribution in [2.45, 2.75) is 11.3 Å². The molecule has 0 aliphatic heterocycles. The number of Topliss-reactive ketones (excluding diaryl/α,β-unsaturated/α-hetero) is 1. The Kier molecular flexibility index (Phi) is 6.74. The van der Waals surface area contributed by atoms with Gasteiger partial charge in [0.1, 0.15) is 13.0 Å². The van der Waals surface area contributed by atoms with Gasteiger partial charge in [0.25, 0.3) is 0 Å². The number of carbonyl (C=O) groups excluding carboxylic acids is 2. The summed E-state index contributed by atoms with van der Waals surface area (Å²) in [6.45, 7) is 0.300. The van der Waals surface area contributed by atoms with Gasteiger partial charge < -0.3 is 4.74 Å². The predicted octanol–water partition coefficient (Wildman–Crippen LogP) is 2.52. The Morgan fingerprint density at radius 2 is 1.94 bits per heavy atom. The minimum Gasteiger partial charge on any atom is -0.464 e. The minimum absolute atomic E-state index is 0.145. The summed E-state index contributed by atoms with van der Waals surface area (Å²) in [7, 11) is 0. The first-order valence-electron chi connectivity index (χ1n) is 5.13. The van der Waals surface area contributed by atoms with Gasteiger partial charge in [-0.25, -0.2) is 0 Å². The van der Waals surface area contributed by atoms with Gasteiger partial charge in [-0.15, -0.1) is 23.4 Å². The van der Waals surface area contributed by atoms with E-state index in [1.54, 1.807) is 11.8 Å². The van der Waals surface area contributed by atoms with E-state index in [4.69, 9.17) is 16.3 Å². The van der Waals surface area contributed by atoms with Gasteiger partial charge in [-0.05, 0) is 12.1 Å². The molecule has 0 heterocycles. The highest BCUT2D eigenvalue weighted by Crippen LogP contribution is 2.16. The molecule has 0 aromatic heterocycles. The number of ether oxygens (including phenoxy) is 1. The monoisotopic (exact) mass is 272 g/mol. The molecule has 92 valence electrons. The Morgan fingerprint density at radius 3 is 2.59 bits per heavy atom. The highest BCUT2D eigenvalue weighted by molar-refractivity contribution is 7.99. The molecule has 0 fully saturated rings. The molecular weight excluding hydrogens is 260 g/mol. The fraction of sp³-hybridized carbons (Fsp3) is 0.333. The number of alkyl halides is 1. The van der Waals surface area contributed by atoms with Crippen LogP contribution in [-0.4, -0.2) is 30.0 Å². The second-order valence-corrected chi connectivity index (χ2v) is 4.67. The van der Waals surface area contributed by atoms with Crippen LogP contribution in [0.25, 0.3) is 0 Å². The maximum absolute atomic E-state index is 11.1. The fourth-order valence-corrected chi connectivity index (χ4v) is 1.94. The van der Waals surface area contributed by atoms with Crippen LogP contribution < -0.4 is 0 Å².